The van der Waals surface area contributed by atoms with Gasteiger partial charge in [-0.3, -0.25) is 0 Å². The minimum absolute atomic E-state index is 0.320. The van der Waals surface area contributed by atoms with Gasteiger partial charge in [0, 0.05) is 0 Å². The molecule has 80 valence electrons. The number of rotatable bonds is 2. The summed E-state index contributed by atoms with van der Waals surface area (Å²) in [5.74, 6) is 0. The lowest BCUT2D eigenvalue weighted by Gasteiger charge is -2.37. The van der Waals surface area contributed by atoms with Crippen LogP contribution in [0.5, 0.6) is 0 Å². The van der Waals surface area contributed by atoms with Crippen LogP contribution >= 0.6 is 11.5 Å². The van der Waals surface area contributed by atoms with Gasteiger partial charge in [-0.15, -0.1) is 5.10 Å². The van der Waals surface area contributed by atoms with Crippen LogP contribution in [-0.2, 0) is 10.3 Å². The van der Waals surface area contributed by atoms with Crippen LogP contribution in [0.3, 0.4) is 0 Å². The molecule has 0 bridgehead atoms. The zero-order valence-electron chi connectivity index (χ0n) is 8.51. The van der Waals surface area contributed by atoms with Crippen molar-refractivity contribution in [1.82, 2.24) is 9.59 Å². The van der Waals surface area contributed by atoms with E-state index in [1.165, 1.54) is 11.5 Å². The summed E-state index contributed by atoms with van der Waals surface area (Å²) in [6.07, 6.45) is 4.67. The van der Waals surface area contributed by atoms with Crippen molar-refractivity contribution >= 4 is 27.8 Å². The van der Waals surface area contributed by atoms with Gasteiger partial charge in [-0.1, -0.05) is 10.6 Å². The second-order valence-electron chi connectivity index (χ2n) is 4.04. The third kappa shape index (κ3) is 1.29. The van der Waals surface area contributed by atoms with Crippen LogP contribution in [0.15, 0.2) is 23.2 Å². The summed E-state index contributed by atoms with van der Waals surface area (Å²) in [7, 11) is 0. The summed E-state index contributed by atoms with van der Waals surface area (Å²) in [6, 6.07) is 5.97. The van der Waals surface area contributed by atoms with Crippen molar-refractivity contribution in [2.45, 2.75) is 24.8 Å². The fourth-order valence-electron chi connectivity index (χ4n) is 2.13. The zero-order chi connectivity index (χ0) is 11.0. The Kier molecular flexibility index (Phi) is 2.09. The van der Waals surface area contributed by atoms with Gasteiger partial charge >= 0.3 is 0 Å². The highest BCUT2D eigenvalue weighted by Crippen LogP contribution is 2.45. The van der Waals surface area contributed by atoms with Gasteiger partial charge in [0.2, 0.25) is 6.08 Å². The maximum atomic E-state index is 10.5. The molecular weight excluding hydrogens is 222 g/mol. The van der Waals surface area contributed by atoms with Gasteiger partial charge in [0.25, 0.3) is 0 Å². The van der Waals surface area contributed by atoms with E-state index in [0.717, 1.165) is 35.0 Å². The average Bonchev–Trinajstić information content (AvgIpc) is 2.70. The molecule has 0 amide bonds. The van der Waals surface area contributed by atoms with E-state index in [-0.39, 0.29) is 5.54 Å². The lowest BCUT2D eigenvalue weighted by molar-refractivity contribution is 0.256. The molecule has 0 spiro atoms. The van der Waals surface area contributed by atoms with Crippen molar-refractivity contribution in [2.24, 2.45) is 4.99 Å². The SMILES string of the molecule is O=C=NC1(c2ccc3nnsc3c2)CCC1. The Hall–Kier alpha value is -1.58. The molecule has 1 fully saturated rings. The number of aliphatic imine (C=N–C) groups is 1. The summed E-state index contributed by atoms with van der Waals surface area (Å²) in [4.78, 5) is 14.5. The Morgan fingerprint density at radius 1 is 1.44 bits per heavy atom. The quantitative estimate of drug-likeness (QED) is 0.589. The summed E-state index contributed by atoms with van der Waals surface area (Å²) >= 11 is 1.37. The fraction of sp³-hybridized carbons (Fsp3) is 0.364. The number of benzene rings is 1. The maximum absolute atomic E-state index is 10.5. The first kappa shape index (κ1) is 9.63. The van der Waals surface area contributed by atoms with Gasteiger partial charge in [-0.2, -0.15) is 4.99 Å². The molecule has 0 radical (unpaired) electrons. The van der Waals surface area contributed by atoms with Crippen molar-refractivity contribution in [3.8, 4) is 0 Å². The average molecular weight is 231 g/mol. The van der Waals surface area contributed by atoms with E-state index in [1.807, 2.05) is 18.2 Å². The molecule has 2 aromatic rings. The highest BCUT2D eigenvalue weighted by molar-refractivity contribution is 7.12. The molecule has 1 aromatic heterocycles. The van der Waals surface area contributed by atoms with Gasteiger partial charge in [0.15, 0.2) is 0 Å². The fourth-order valence-corrected chi connectivity index (χ4v) is 2.73. The summed E-state index contributed by atoms with van der Waals surface area (Å²) in [5.41, 5.74) is 1.67. The smallest absolute Gasteiger partial charge is 0.211 e. The lowest BCUT2D eigenvalue weighted by Crippen LogP contribution is -2.31. The predicted octanol–water partition coefficient (Wildman–Crippen LogP) is 2.41. The van der Waals surface area contributed by atoms with E-state index in [2.05, 4.69) is 14.6 Å². The molecule has 1 aromatic carbocycles. The minimum Gasteiger partial charge on any atom is -0.211 e. The van der Waals surface area contributed by atoms with Crippen molar-refractivity contribution in [2.75, 3.05) is 0 Å². The van der Waals surface area contributed by atoms with Crippen molar-refractivity contribution in [3.05, 3.63) is 23.8 Å². The largest absolute Gasteiger partial charge is 0.235 e. The first-order chi connectivity index (χ1) is 7.84. The second-order valence-corrected chi connectivity index (χ2v) is 4.83. The van der Waals surface area contributed by atoms with E-state index in [1.54, 1.807) is 6.08 Å². The van der Waals surface area contributed by atoms with Gasteiger partial charge in [0.05, 0.1) is 10.2 Å². The highest BCUT2D eigenvalue weighted by Gasteiger charge is 2.38. The van der Waals surface area contributed by atoms with Crippen LogP contribution in [0.2, 0.25) is 0 Å². The van der Waals surface area contributed by atoms with E-state index in [4.69, 9.17) is 0 Å². The molecule has 0 saturated heterocycles. The molecule has 0 atom stereocenters. The van der Waals surface area contributed by atoms with Gasteiger partial charge in [-0.25, -0.2) is 4.79 Å². The standard InChI is InChI=1S/C11H9N3OS/c15-7-12-11(4-1-5-11)8-2-3-9-10(6-8)16-14-13-9/h2-3,6H,1,4-5H2. The second kappa shape index (κ2) is 3.47. The van der Waals surface area contributed by atoms with Crippen LogP contribution in [-0.4, -0.2) is 15.7 Å². The summed E-state index contributed by atoms with van der Waals surface area (Å²) in [6.45, 7) is 0. The monoisotopic (exact) mass is 231 g/mol. The molecule has 16 heavy (non-hydrogen) atoms. The lowest BCUT2D eigenvalue weighted by atomic mass is 9.72. The number of isocyanates is 1. The van der Waals surface area contributed by atoms with Crippen molar-refractivity contribution in [1.29, 1.82) is 0 Å². The third-order valence-electron chi connectivity index (χ3n) is 3.23. The van der Waals surface area contributed by atoms with Crippen LogP contribution in [0.25, 0.3) is 10.2 Å². The summed E-state index contributed by atoms with van der Waals surface area (Å²) in [5, 5.41) is 3.99. The first-order valence-electron chi connectivity index (χ1n) is 5.16. The van der Waals surface area contributed by atoms with Crippen LogP contribution < -0.4 is 0 Å². The van der Waals surface area contributed by atoms with Crippen LogP contribution in [0.4, 0.5) is 0 Å². The molecule has 5 heteroatoms. The molecule has 0 unspecified atom stereocenters. The molecule has 1 aliphatic rings. The molecule has 1 saturated carbocycles. The predicted molar refractivity (Wildman–Crippen MR) is 61.1 cm³/mol. The Morgan fingerprint density at radius 2 is 2.31 bits per heavy atom. The van der Waals surface area contributed by atoms with Gasteiger partial charge < -0.3 is 0 Å². The number of hydrogen-bond acceptors (Lipinski definition) is 5. The Labute approximate surface area is 96.2 Å². The van der Waals surface area contributed by atoms with E-state index < -0.39 is 0 Å². The van der Waals surface area contributed by atoms with E-state index in [0.29, 0.717) is 0 Å². The normalized spacial score (nSPS) is 17.8. The Balaban J connectivity index is 2.13. The number of aromatic nitrogens is 2. The molecule has 0 aliphatic heterocycles. The van der Waals surface area contributed by atoms with Crippen LogP contribution in [0.1, 0.15) is 24.8 Å². The maximum Gasteiger partial charge on any atom is 0.235 e. The first-order valence-corrected chi connectivity index (χ1v) is 5.93. The molecular formula is C11H9N3OS. The molecule has 1 heterocycles. The summed E-state index contributed by atoms with van der Waals surface area (Å²) < 4.78 is 4.94. The van der Waals surface area contributed by atoms with E-state index in [9.17, 15) is 4.79 Å². The highest BCUT2D eigenvalue weighted by atomic mass is 32.1. The van der Waals surface area contributed by atoms with Crippen LogP contribution in [0, 0.1) is 0 Å². The topological polar surface area (TPSA) is 55.2 Å². The van der Waals surface area contributed by atoms with Crippen molar-refractivity contribution < 1.29 is 4.79 Å². The Morgan fingerprint density at radius 3 is 3.00 bits per heavy atom. The third-order valence-corrected chi connectivity index (χ3v) is 3.91. The zero-order valence-corrected chi connectivity index (χ0v) is 9.33. The molecule has 1 aliphatic carbocycles. The van der Waals surface area contributed by atoms with Gasteiger partial charge in [-0.05, 0) is 48.5 Å². The molecule has 3 rings (SSSR count). The number of nitrogens with zero attached hydrogens (tertiary/aromatic N) is 3. The number of fused-ring (bicyclic) bond motifs is 1. The van der Waals surface area contributed by atoms with Gasteiger partial charge in [0.1, 0.15) is 5.52 Å². The van der Waals surface area contributed by atoms with E-state index >= 15 is 0 Å². The number of carbonyl (C=O) groups excluding carboxylic acids is 1. The van der Waals surface area contributed by atoms with Crippen molar-refractivity contribution in [3.63, 3.8) is 0 Å². The Bertz CT molecular complexity index is 582. The number of hydrogen-bond donors (Lipinski definition) is 0. The molecule has 4 nitrogen and oxygen atoms in total. The minimum atomic E-state index is -0.320. The molecule has 0 N–H and O–H groups in total.